The third-order valence-corrected chi connectivity index (χ3v) is 7.62. The lowest BCUT2D eigenvalue weighted by atomic mass is 9.95. The van der Waals surface area contributed by atoms with Crippen LogP contribution < -0.4 is 10.6 Å². The van der Waals surface area contributed by atoms with Crippen LogP contribution >= 0.6 is 11.3 Å². The molecule has 5 nitrogen and oxygen atoms in total. The van der Waals surface area contributed by atoms with Crippen LogP contribution in [0.15, 0.2) is 40.7 Å². The van der Waals surface area contributed by atoms with Gasteiger partial charge in [-0.25, -0.2) is 9.98 Å². The minimum absolute atomic E-state index is 0.311. The summed E-state index contributed by atoms with van der Waals surface area (Å²) in [5, 5.41) is 10.3. The molecule has 0 amide bonds. The molecule has 7 heteroatoms. The van der Waals surface area contributed by atoms with Crippen molar-refractivity contribution in [2.45, 2.75) is 57.4 Å². The first-order chi connectivity index (χ1) is 13.7. The van der Waals surface area contributed by atoms with Gasteiger partial charge in [-0.1, -0.05) is 43.7 Å². The van der Waals surface area contributed by atoms with Crippen molar-refractivity contribution in [3.63, 3.8) is 0 Å². The second-order valence-corrected chi connectivity index (χ2v) is 9.87. The van der Waals surface area contributed by atoms with Crippen molar-refractivity contribution in [2.24, 2.45) is 4.99 Å². The molecule has 2 aromatic rings. The van der Waals surface area contributed by atoms with E-state index in [4.69, 9.17) is 9.98 Å². The van der Waals surface area contributed by atoms with Gasteiger partial charge in [-0.05, 0) is 26.2 Å². The molecule has 1 aromatic heterocycles. The Morgan fingerprint density at radius 1 is 1.29 bits per heavy atom. The predicted molar refractivity (Wildman–Crippen MR) is 120 cm³/mol. The molecule has 28 heavy (non-hydrogen) atoms. The molecule has 3 atom stereocenters. The van der Waals surface area contributed by atoms with Crippen molar-refractivity contribution >= 4 is 28.1 Å². The Morgan fingerprint density at radius 2 is 2.11 bits per heavy atom. The van der Waals surface area contributed by atoms with E-state index in [0.717, 1.165) is 60.2 Å². The minimum atomic E-state index is -0.711. The number of hydrogen-bond donors (Lipinski definition) is 2. The van der Waals surface area contributed by atoms with Gasteiger partial charge in [0.25, 0.3) is 0 Å². The lowest BCUT2D eigenvalue weighted by Gasteiger charge is -2.30. The molecule has 1 aromatic carbocycles. The lowest BCUT2D eigenvalue weighted by Crippen LogP contribution is -2.46. The van der Waals surface area contributed by atoms with Gasteiger partial charge in [0.15, 0.2) is 5.96 Å². The highest BCUT2D eigenvalue weighted by Gasteiger charge is 2.26. The molecule has 3 unspecified atom stereocenters. The number of hydrogen-bond acceptors (Lipinski definition) is 4. The first kappa shape index (κ1) is 21.0. The number of rotatable bonds is 7. The summed E-state index contributed by atoms with van der Waals surface area (Å²) in [6.07, 6.45) is 4.27. The maximum Gasteiger partial charge on any atom is 0.191 e. The maximum absolute atomic E-state index is 12.2. The number of aromatic nitrogens is 1. The van der Waals surface area contributed by atoms with E-state index < -0.39 is 10.8 Å². The number of guanidine groups is 1. The number of benzene rings is 1. The van der Waals surface area contributed by atoms with Crippen LogP contribution in [-0.2, 0) is 17.3 Å². The molecule has 1 aliphatic rings. The molecule has 0 saturated heterocycles. The Hall–Kier alpha value is -1.73. The zero-order chi connectivity index (χ0) is 19.8. The van der Waals surface area contributed by atoms with E-state index in [1.165, 1.54) is 0 Å². The first-order valence-corrected chi connectivity index (χ1v) is 12.4. The van der Waals surface area contributed by atoms with Crippen LogP contribution in [0, 0.1) is 0 Å². The third kappa shape index (κ3) is 5.88. The normalized spacial score (nSPS) is 21.3. The van der Waals surface area contributed by atoms with E-state index in [1.807, 2.05) is 25.1 Å². The average Bonchev–Trinajstić information content (AvgIpc) is 3.21. The highest BCUT2D eigenvalue weighted by atomic mass is 32.2. The number of aliphatic imine (C=N–C) groups is 1. The van der Waals surface area contributed by atoms with E-state index in [0.29, 0.717) is 17.8 Å². The molecule has 2 N–H and O–H groups in total. The van der Waals surface area contributed by atoms with E-state index in [2.05, 4.69) is 35.1 Å². The Kier molecular flexibility index (Phi) is 8.03. The van der Waals surface area contributed by atoms with Gasteiger partial charge in [-0.3, -0.25) is 4.21 Å². The van der Waals surface area contributed by atoms with E-state index in [1.54, 1.807) is 11.3 Å². The fourth-order valence-corrected chi connectivity index (χ4v) is 5.68. The fourth-order valence-electron chi connectivity index (χ4n) is 3.52. The van der Waals surface area contributed by atoms with E-state index in [9.17, 15) is 4.21 Å². The van der Waals surface area contributed by atoms with Crippen molar-refractivity contribution in [1.82, 2.24) is 15.6 Å². The van der Waals surface area contributed by atoms with Gasteiger partial charge in [0.2, 0.25) is 0 Å². The standard InChI is InChI=1S/C21H30N4OS2/c1-3-22-21(25-17-11-8-12-19(13-17)28(26)4-2)23-14-18-15-27-20(24-18)16-9-6-5-7-10-16/h5-7,9-10,15,17,19H,3-4,8,11-14H2,1-2H3,(H2,22,23,25). The molecular formula is C21H30N4OS2. The molecule has 0 radical (unpaired) electrons. The predicted octanol–water partition coefficient (Wildman–Crippen LogP) is 3.95. The lowest BCUT2D eigenvalue weighted by molar-refractivity contribution is 0.413. The van der Waals surface area contributed by atoms with E-state index in [-0.39, 0.29) is 0 Å². The highest BCUT2D eigenvalue weighted by Crippen LogP contribution is 2.24. The van der Waals surface area contributed by atoms with Crippen molar-refractivity contribution in [2.75, 3.05) is 12.3 Å². The molecule has 1 aliphatic carbocycles. The molecule has 152 valence electrons. The number of nitrogens with zero attached hydrogens (tertiary/aromatic N) is 2. The Morgan fingerprint density at radius 3 is 2.86 bits per heavy atom. The second kappa shape index (κ2) is 10.7. The van der Waals surface area contributed by atoms with Crippen molar-refractivity contribution in [1.29, 1.82) is 0 Å². The summed E-state index contributed by atoms with van der Waals surface area (Å²) in [6.45, 7) is 5.45. The molecule has 1 fully saturated rings. The average molecular weight is 419 g/mol. The summed E-state index contributed by atoms with van der Waals surface area (Å²) in [6, 6.07) is 10.6. The highest BCUT2D eigenvalue weighted by molar-refractivity contribution is 7.85. The fraction of sp³-hybridized carbons (Fsp3) is 0.524. The van der Waals surface area contributed by atoms with Gasteiger partial charge in [0, 0.05) is 45.3 Å². The topological polar surface area (TPSA) is 66.4 Å². The summed E-state index contributed by atoms with van der Waals surface area (Å²) in [5.41, 5.74) is 2.12. The molecule has 0 spiro atoms. The molecule has 3 rings (SSSR count). The maximum atomic E-state index is 12.2. The van der Waals surface area contributed by atoms with Gasteiger partial charge in [-0.2, -0.15) is 0 Å². The van der Waals surface area contributed by atoms with Crippen LogP contribution in [-0.4, -0.2) is 38.7 Å². The Balaban J connectivity index is 1.61. The molecule has 1 saturated carbocycles. The van der Waals surface area contributed by atoms with Crippen LogP contribution in [0.3, 0.4) is 0 Å². The Bertz CT molecular complexity index is 791. The number of thiazole rings is 1. The quantitative estimate of drug-likeness (QED) is 0.528. The van der Waals surface area contributed by atoms with Crippen LogP contribution in [0.4, 0.5) is 0 Å². The summed E-state index contributed by atoms with van der Waals surface area (Å²) in [4.78, 5) is 9.46. The monoisotopic (exact) mass is 418 g/mol. The van der Waals surface area contributed by atoms with Crippen molar-refractivity contribution < 1.29 is 4.21 Å². The van der Waals surface area contributed by atoms with Crippen LogP contribution in [0.2, 0.25) is 0 Å². The smallest absolute Gasteiger partial charge is 0.191 e. The third-order valence-electron chi connectivity index (χ3n) is 4.94. The van der Waals surface area contributed by atoms with Gasteiger partial charge in [0.1, 0.15) is 5.01 Å². The molecule has 0 bridgehead atoms. The molecule has 1 heterocycles. The summed E-state index contributed by atoms with van der Waals surface area (Å²) in [7, 11) is -0.711. The Labute approximate surface area is 174 Å². The zero-order valence-corrected chi connectivity index (χ0v) is 18.3. The van der Waals surface area contributed by atoms with Gasteiger partial charge in [0.05, 0.1) is 12.2 Å². The van der Waals surface area contributed by atoms with Crippen molar-refractivity contribution in [3.8, 4) is 10.6 Å². The first-order valence-electron chi connectivity index (χ1n) is 10.1. The minimum Gasteiger partial charge on any atom is -0.357 e. The van der Waals surface area contributed by atoms with E-state index >= 15 is 0 Å². The van der Waals surface area contributed by atoms with Crippen LogP contribution in [0.5, 0.6) is 0 Å². The zero-order valence-electron chi connectivity index (χ0n) is 16.7. The summed E-state index contributed by atoms with van der Waals surface area (Å²) < 4.78 is 12.2. The van der Waals surface area contributed by atoms with Gasteiger partial charge >= 0.3 is 0 Å². The van der Waals surface area contributed by atoms with Gasteiger partial charge in [-0.15, -0.1) is 11.3 Å². The summed E-state index contributed by atoms with van der Waals surface area (Å²) in [5.74, 6) is 1.57. The van der Waals surface area contributed by atoms with Gasteiger partial charge < -0.3 is 10.6 Å². The molecule has 0 aliphatic heterocycles. The largest absolute Gasteiger partial charge is 0.357 e. The summed E-state index contributed by atoms with van der Waals surface area (Å²) >= 11 is 1.65. The second-order valence-electron chi connectivity index (χ2n) is 7.00. The van der Waals surface area contributed by atoms with Crippen LogP contribution in [0.25, 0.3) is 10.6 Å². The number of nitrogens with one attached hydrogen (secondary N) is 2. The SMILES string of the molecule is CCNC(=NCc1csc(-c2ccccc2)n1)NC1CCCC(S(=O)CC)C1. The van der Waals surface area contributed by atoms with Crippen LogP contribution in [0.1, 0.15) is 45.2 Å². The molecular weight excluding hydrogens is 388 g/mol. The van der Waals surface area contributed by atoms with Crippen molar-refractivity contribution in [3.05, 3.63) is 41.4 Å².